The first-order chi connectivity index (χ1) is 10.5. The Morgan fingerprint density at radius 2 is 1.91 bits per heavy atom. The van der Waals surface area contributed by atoms with Crippen LogP contribution in [0.1, 0.15) is 29.2 Å². The van der Waals surface area contributed by atoms with E-state index in [0.717, 1.165) is 29.2 Å². The summed E-state index contributed by atoms with van der Waals surface area (Å²) in [5.74, 6) is 0. The second-order valence-electron chi connectivity index (χ2n) is 5.74. The molecule has 0 radical (unpaired) electrons. The second-order valence-corrected chi connectivity index (χ2v) is 6.12. The Kier molecular flexibility index (Phi) is 5.62. The van der Waals surface area contributed by atoms with Gasteiger partial charge in [-0.3, -0.25) is 0 Å². The van der Waals surface area contributed by atoms with E-state index in [1.54, 1.807) is 0 Å². The van der Waals surface area contributed by atoms with Crippen LogP contribution in [0.3, 0.4) is 0 Å². The van der Waals surface area contributed by atoms with E-state index >= 15 is 0 Å². The smallest absolute Gasteiger partial charge is 0.0910 e. The molecule has 0 bridgehead atoms. The summed E-state index contributed by atoms with van der Waals surface area (Å²) in [6.07, 6.45) is 2.66. The molecule has 0 spiro atoms. The minimum atomic E-state index is 0.743. The molecular weight excluding hydrogens is 292 g/mol. The minimum absolute atomic E-state index is 0.743. The third kappa shape index (κ3) is 4.35. The number of aliphatic imine (C=N–C) groups is 1. The first-order valence-electron chi connectivity index (χ1n) is 7.58. The minimum Gasteiger partial charge on any atom is -0.366 e. The zero-order valence-electron chi connectivity index (χ0n) is 13.7. The lowest BCUT2D eigenvalue weighted by atomic mass is 10.0. The van der Waals surface area contributed by atoms with Gasteiger partial charge in [0.1, 0.15) is 0 Å². The molecule has 2 rings (SSSR count). The van der Waals surface area contributed by atoms with Crippen molar-refractivity contribution in [2.24, 2.45) is 4.99 Å². The number of hydrogen-bond donors (Lipinski definition) is 0. The maximum absolute atomic E-state index is 6.56. The van der Waals surface area contributed by atoms with Crippen LogP contribution < -0.4 is 0 Å². The van der Waals surface area contributed by atoms with Gasteiger partial charge in [-0.1, -0.05) is 47.5 Å². The number of rotatable bonds is 5. The van der Waals surface area contributed by atoms with E-state index in [0.29, 0.717) is 0 Å². The van der Waals surface area contributed by atoms with Crippen LogP contribution >= 0.6 is 11.6 Å². The first-order valence-corrected chi connectivity index (χ1v) is 7.96. The van der Waals surface area contributed by atoms with E-state index in [9.17, 15) is 0 Å². The Balaban J connectivity index is 2.32. The second kappa shape index (κ2) is 7.46. The lowest BCUT2D eigenvalue weighted by molar-refractivity contribution is 0.552. The van der Waals surface area contributed by atoms with Crippen molar-refractivity contribution in [3.63, 3.8) is 0 Å². The summed E-state index contributed by atoms with van der Waals surface area (Å²) in [7, 11) is 2.00. The Morgan fingerprint density at radius 3 is 2.59 bits per heavy atom. The van der Waals surface area contributed by atoms with Gasteiger partial charge in [0.2, 0.25) is 0 Å². The lowest BCUT2D eigenvalue weighted by Gasteiger charge is -2.12. The quantitative estimate of drug-likeness (QED) is 0.550. The molecule has 0 fully saturated rings. The molecule has 0 saturated heterocycles. The molecule has 0 aliphatic heterocycles. The Hall–Kier alpha value is -1.80. The average molecular weight is 315 g/mol. The van der Waals surface area contributed by atoms with Gasteiger partial charge in [-0.2, -0.15) is 0 Å². The maximum atomic E-state index is 6.56. The van der Waals surface area contributed by atoms with Gasteiger partial charge in [0, 0.05) is 13.6 Å². The van der Waals surface area contributed by atoms with Crippen LogP contribution in [0.2, 0.25) is 5.02 Å². The van der Waals surface area contributed by atoms with Crippen LogP contribution in [0.5, 0.6) is 0 Å². The van der Waals surface area contributed by atoms with Crippen molar-refractivity contribution in [2.45, 2.75) is 27.2 Å². The molecule has 0 aromatic heterocycles. The van der Waals surface area contributed by atoms with Gasteiger partial charge in [0.15, 0.2) is 0 Å². The molecule has 3 heteroatoms. The molecule has 0 aliphatic rings. The van der Waals surface area contributed by atoms with E-state index in [2.05, 4.69) is 56.1 Å². The van der Waals surface area contributed by atoms with Crippen molar-refractivity contribution in [1.29, 1.82) is 0 Å². The van der Waals surface area contributed by atoms with Gasteiger partial charge in [-0.05, 0) is 49.9 Å². The molecule has 22 heavy (non-hydrogen) atoms. The number of hydrogen-bond acceptors (Lipinski definition) is 1. The monoisotopic (exact) mass is 314 g/mol. The fourth-order valence-electron chi connectivity index (χ4n) is 2.33. The zero-order chi connectivity index (χ0) is 16.1. The molecule has 0 unspecified atom stereocenters. The molecule has 0 atom stereocenters. The number of nitrogens with zero attached hydrogens (tertiary/aromatic N) is 2. The summed E-state index contributed by atoms with van der Waals surface area (Å²) < 4.78 is 0. The summed E-state index contributed by atoms with van der Waals surface area (Å²) in [6.45, 7) is 7.20. The first kappa shape index (κ1) is 16.6. The highest BCUT2D eigenvalue weighted by Gasteiger charge is 2.08. The van der Waals surface area contributed by atoms with E-state index in [1.807, 2.05) is 24.4 Å². The lowest BCUT2D eigenvalue weighted by Crippen LogP contribution is -2.14. The molecule has 0 amide bonds. The molecule has 2 nitrogen and oxygen atoms in total. The zero-order valence-corrected chi connectivity index (χ0v) is 14.5. The highest BCUT2D eigenvalue weighted by molar-refractivity contribution is 6.33. The van der Waals surface area contributed by atoms with Crippen molar-refractivity contribution in [2.75, 3.05) is 13.6 Å². The third-order valence-electron chi connectivity index (χ3n) is 3.64. The highest BCUT2D eigenvalue weighted by atomic mass is 35.5. The largest absolute Gasteiger partial charge is 0.366 e. The normalized spacial score (nSPS) is 11.1. The fraction of sp³-hybridized carbons (Fsp3) is 0.316. The van der Waals surface area contributed by atoms with Crippen molar-refractivity contribution >= 4 is 23.6 Å². The van der Waals surface area contributed by atoms with Crippen LogP contribution in [0, 0.1) is 13.8 Å². The summed E-state index contributed by atoms with van der Waals surface area (Å²) in [4.78, 5) is 6.55. The summed E-state index contributed by atoms with van der Waals surface area (Å²) in [5, 5.41) is 0.743. The predicted octanol–water partition coefficient (Wildman–Crippen LogP) is 5.16. The van der Waals surface area contributed by atoms with E-state index in [1.165, 1.54) is 16.7 Å². The van der Waals surface area contributed by atoms with Crippen LogP contribution in [0.4, 0.5) is 5.69 Å². The number of benzene rings is 2. The Bertz CT molecular complexity index is 677. The van der Waals surface area contributed by atoms with Crippen LogP contribution in [0.15, 0.2) is 41.4 Å². The SMILES string of the molecule is CCN(C)C=Nc1cc(C)cc(Cc2cccc(C)c2)c1Cl. The van der Waals surface area contributed by atoms with E-state index in [4.69, 9.17) is 11.6 Å². The van der Waals surface area contributed by atoms with E-state index in [-0.39, 0.29) is 0 Å². The maximum Gasteiger partial charge on any atom is 0.0910 e. The Labute approximate surface area is 138 Å². The molecule has 2 aromatic rings. The van der Waals surface area contributed by atoms with Crippen molar-refractivity contribution < 1.29 is 0 Å². The topological polar surface area (TPSA) is 15.6 Å². The van der Waals surface area contributed by atoms with Gasteiger partial charge < -0.3 is 4.90 Å². The molecule has 2 aromatic carbocycles. The molecule has 0 N–H and O–H groups in total. The molecular formula is C19H23ClN2. The summed E-state index contributed by atoms with van der Waals surface area (Å²) in [5.41, 5.74) is 5.68. The molecule has 0 saturated carbocycles. The number of halogens is 1. The van der Waals surface area contributed by atoms with Gasteiger partial charge in [0.25, 0.3) is 0 Å². The third-order valence-corrected chi connectivity index (χ3v) is 4.08. The van der Waals surface area contributed by atoms with Crippen LogP contribution in [-0.4, -0.2) is 24.8 Å². The van der Waals surface area contributed by atoms with Gasteiger partial charge >= 0.3 is 0 Å². The molecule has 0 heterocycles. The van der Waals surface area contributed by atoms with Crippen molar-refractivity contribution in [1.82, 2.24) is 4.90 Å². The fourth-order valence-corrected chi connectivity index (χ4v) is 2.56. The summed E-state index contributed by atoms with van der Waals surface area (Å²) in [6, 6.07) is 12.7. The van der Waals surface area contributed by atoms with Gasteiger partial charge in [-0.15, -0.1) is 0 Å². The predicted molar refractivity (Wildman–Crippen MR) is 96.6 cm³/mol. The number of aryl methyl sites for hydroxylation is 2. The summed E-state index contributed by atoms with van der Waals surface area (Å²) >= 11 is 6.56. The van der Waals surface area contributed by atoms with Crippen LogP contribution in [-0.2, 0) is 6.42 Å². The molecule has 116 valence electrons. The molecule has 0 aliphatic carbocycles. The average Bonchev–Trinajstić information content (AvgIpc) is 2.48. The van der Waals surface area contributed by atoms with Gasteiger partial charge in [-0.25, -0.2) is 4.99 Å². The standard InChI is InChI=1S/C19H23ClN2/c1-5-22(4)13-21-18-11-15(3)10-17(19(18)20)12-16-8-6-7-14(2)9-16/h6-11,13H,5,12H2,1-4H3. The van der Waals surface area contributed by atoms with Crippen molar-refractivity contribution in [3.05, 3.63) is 63.7 Å². The van der Waals surface area contributed by atoms with Gasteiger partial charge in [0.05, 0.1) is 17.0 Å². The highest BCUT2D eigenvalue weighted by Crippen LogP contribution is 2.31. The van der Waals surface area contributed by atoms with Crippen LogP contribution in [0.25, 0.3) is 0 Å². The van der Waals surface area contributed by atoms with E-state index < -0.39 is 0 Å². The van der Waals surface area contributed by atoms with Crippen molar-refractivity contribution in [3.8, 4) is 0 Å². The Morgan fingerprint density at radius 1 is 1.14 bits per heavy atom.